The van der Waals surface area contributed by atoms with Gasteiger partial charge in [-0.2, -0.15) is 0 Å². The van der Waals surface area contributed by atoms with Gasteiger partial charge in [-0.25, -0.2) is 4.98 Å². The van der Waals surface area contributed by atoms with E-state index in [1.54, 1.807) is 6.07 Å². The van der Waals surface area contributed by atoms with Gasteiger partial charge in [0.1, 0.15) is 5.82 Å². The van der Waals surface area contributed by atoms with Crippen LogP contribution >= 0.6 is 0 Å². The molecule has 100 valence electrons. The van der Waals surface area contributed by atoms with E-state index >= 15 is 0 Å². The van der Waals surface area contributed by atoms with Crippen molar-refractivity contribution in [3.05, 3.63) is 40.4 Å². The number of pyridine rings is 1. The SMILES string of the molecule is CN(CCCN)c1ccc2cc([N+](=O)[O-])ccc2n1. The highest BCUT2D eigenvalue weighted by atomic mass is 16.6. The van der Waals surface area contributed by atoms with E-state index in [4.69, 9.17) is 5.73 Å². The van der Waals surface area contributed by atoms with Crippen molar-refractivity contribution in [3.8, 4) is 0 Å². The molecule has 0 saturated heterocycles. The van der Waals surface area contributed by atoms with Crippen molar-refractivity contribution in [2.75, 3.05) is 25.0 Å². The summed E-state index contributed by atoms with van der Waals surface area (Å²) in [6.07, 6.45) is 0.899. The number of anilines is 1. The molecular formula is C13H16N4O2. The molecule has 19 heavy (non-hydrogen) atoms. The molecule has 0 atom stereocenters. The number of aromatic nitrogens is 1. The number of nitrogens with two attached hydrogens (primary N) is 1. The molecule has 2 N–H and O–H groups in total. The highest BCUT2D eigenvalue weighted by molar-refractivity contribution is 5.82. The summed E-state index contributed by atoms with van der Waals surface area (Å²) in [5, 5.41) is 11.5. The highest BCUT2D eigenvalue weighted by Crippen LogP contribution is 2.22. The zero-order valence-electron chi connectivity index (χ0n) is 10.7. The summed E-state index contributed by atoms with van der Waals surface area (Å²) in [4.78, 5) is 16.8. The predicted octanol–water partition coefficient (Wildman–Crippen LogP) is 1.93. The Morgan fingerprint density at radius 3 is 2.84 bits per heavy atom. The van der Waals surface area contributed by atoms with Crippen molar-refractivity contribution in [2.24, 2.45) is 5.73 Å². The lowest BCUT2D eigenvalue weighted by Crippen LogP contribution is -2.21. The summed E-state index contributed by atoms with van der Waals surface area (Å²) in [6, 6.07) is 8.39. The van der Waals surface area contributed by atoms with Crippen LogP contribution < -0.4 is 10.6 Å². The molecule has 0 bridgehead atoms. The summed E-state index contributed by atoms with van der Waals surface area (Å²) in [7, 11) is 1.95. The number of nitro groups is 1. The van der Waals surface area contributed by atoms with Crippen LogP contribution in [-0.2, 0) is 0 Å². The van der Waals surface area contributed by atoms with E-state index in [0.717, 1.165) is 29.7 Å². The second-order valence-corrected chi connectivity index (χ2v) is 4.37. The van der Waals surface area contributed by atoms with Crippen LogP contribution in [0.2, 0.25) is 0 Å². The molecule has 2 rings (SSSR count). The molecule has 0 radical (unpaired) electrons. The van der Waals surface area contributed by atoms with Crippen molar-refractivity contribution >= 4 is 22.4 Å². The molecule has 2 aromatic rings. The zero-order valence-corrected chi connectivity index (χ0v) is 10.7. The predicted molar refractivity (Wildman–Crippen MR) is 75.3 cm³/mol. The Morgan fingerprint density at radius 2 is 2.16 bits per heavy atom. The van der Waals surface area contributed by atoms with Gasteiger partial charge in [-0.15, -0.1) is 0 Å². The Hall–Kier alpha value is -2.21. The van der Waals surface area contributed by atoms with E-state index in [2.05, 4.69) is 4.98 Å². The summed E-state index contributed by atoms with van der Waals surface area (Å²) in [5.41, 5.74) is 6.31. The Morgan fingerprint density at radius 1 is 1.37 bits per heavy atom. The fourth-order valence-electron chi connectivity index (χ4n) is 1.87. The van der Waals surface area contributed by atoms with Gasteiger partial charge < -0.3 is 10.6 Å². The third-order valence-electron chi connectivity index (χ3n) is 2.96. The lowest BCUT2D eigenvalue weighted by atomic mass is 10.2. The zero-order chi connectivity index (χ0) is 13.8. The smallest absolute Gasteiger partial charge is 0.270 e. The van der Waals surface area contributed by atoms with E-state index < -0.39 is 4.92 Å². The lowest BCUT2D eigenvalue weighted by molar-refractivity contribution is -0.384. The van der Waals surface area contributed by atoms with Gasteiger partial charge in [-0.3, -0.25) is 10.1 Å². The van der Waals surface area contributed by atoms with Crippen LogP contribution in [0.15, 0.2) is 30.3 Å². The number of fused-ring (bicyclic) bond motifs is 1. The van der Waals surface area contributed by atoms with E-state index in [1.165, 1.54) is 12.1 Å². The summed E-state index contributed by atoms with van der Waals surface area (Å²) < 4.78 is 0. The number of nitrogens with zero attached hydrogens (tertiary/aromatic N) is 3. The first-order chi connectivity index (χ1) is 9.11. The molecule has 1 heterocycles. The van der Waals surface area contributed by atoms with Crippen LogP contribution in [-0.4, -0.2) is 30.0 Å². The first kappa shape index (κ1) is 13.2. The van der Waals surface area contributed by atoms with Gasteiger partial charge in [0.15, 0.2) is 0 Å². The quantitative estimate of drug-likeness (QED) is 0.655. The second kappa shape index (κ2) is 5.62. The third-order valence-corrected chi connectivity index (χ3v) is 2.96. The van der Waals surface area contributed by atoms with E-state index in [0.29, 0.717) is 6.54 Å². The van der Waals surface area contributed by atoms with Crippen LogP contribution in [0.1, 0.15) is 6.42 Å². The maximum atomic E-state index is 10.7. The number of hydrogen-bond acceptors (Lipinski definition) is 5. The number of nitro benzene ring substituents is 1. The first-order valence-corrected chi connectivity index (χ1v) is 6.08. The summed E-state index contributed by atoms with van der Waals surface area (Å²) in [6.45, 7) is 1.48. The molecule has 0 amide bonds. The van der Waals surface area contributed by atoms with Gasteiger partial charge in [0.2, 0.25) is 0 Å². The molecule has 0 unspecified atom stereocenters. The average Bonchev–Trinajstić information content (AvgIpc) is 2.43. The maximum Gasteiger partial charge on any atom is 0.270 e. The molecule has 1 aromatic carbocycles. The van der Waals surface area contributed by atoms with Gasteiger partial charge >= 0.3 is 0 Å². The third kappa shape index (κ3) is 2.97. The lowest BCUT2D eigenvalue weighted by Gasteiger charge is -2.17. The van der Waals surface area contributed by atoms with Gasteiger partial charge in [-0.05, 0) is 31.2 Å². The van der Waals surface area contributed by atoms with Crippen molar-refractivity contribution in [1.29, 1.82) is 0 Å². The average molecular weight is 260 g/mol. The fourth-order valence-corrected chi connectivity index (χ4v) is 1.87. The van der Waals surface area contributed by atoms with E-state index in [1.807, 2.05) is 24.1 Å². The normalized spacial score (nSPS) is 10.6. The Kier molecular flexibility index (Phi) is 3.91. The molecule has 0 aliphatic heterocycles. The second-order valence-electron chi connectivity index (χ2n) is 4.37. The van der Waals surface area contributed by atoms with Crippen molar-refractivity contribution in [2.45, 2.75) is 6.42 Å². The van der Waals surface area contributed by atoms with E-state index in [9.17, 15) is 10.1 Å². The number of non-ortho nitro benzene ring substituents is 1. The van der Waals surface area contributed by atoms with E-state index in [-0.39, 0.29) is 5.69 Å². The number of rotatable bonds is 5. The molecular weight excluding hydrogens is 244 g/mol. The van der Waals surface area contributed by atoms with Crippen LogP contribution in [0.5, 0.6) is 0 Å². The van der Waals surface area contributed by atoms with Crippen molar-refractivity contribution in [1.82, 2.24) is 4.98 Å². The molecule has 0 aliphatic rings. The van der Waals surface area contributed by atoms with Crippen LogP contribution in [0.3, 0.4) is 0 Å². The maximum absolute atomic E-state index is 10.7. The summed E-state index contributed by atoms with van der Waals surface area (Å²) in [5.74, 6) is 0.842. The first-order valence-electron chi connectivity index (χ1n) is 6.08. The number of benzene rings is 1. The summed E-state index contributed by atoms with van der Waals surface area (Å²) >= 11 is 0. The minimum atomic E-state index is -0.402. The Labute approximate surface area is 111 Å². The van der Waals surface area contributed by atoms with Crippen LogP contribution in [0.4, 0.5) is 11.5 Å². The molecule has 0 aliphatic carbocycles. The van der Waals surface area contributed by atoms with Gasteiger partial charge in [-0.1, -0.05) is 0 Å². The molecule has 0 saturated carbocycles. The fraction of sp³-hybridized carbons (Fsp3) is 0.308. The molecule has 6 nitrogen and oxygen atoms in total. The highest BCUT2D eigenvalue weighted by Gasteiger charge is 2.08. The standard InChI is InChI=1S/C13H16N4O2/c1-16(8-2-7-14)13-6-3-10-9-11(17(18)19)4-5-12(10)15-13/h3-6,9H,2,7-8,14H2,1H3. The van der Waals surface area contributed by atoms with Crippen LogP contribution in [0.25, 0.3) is 10.9 Å². The molecule has 0 spiro atoms. The topological polar surface area (TPSA) is 85.3 Å². The minimum absolute atomic E-state index is 0.0820. The Balaban J connectivity index is 2.31. The van der Waals surface area contributed by atoms with Crippen molar-refractivity contribution < 1.29 is 4.92 Å². The van der Waals surface area contributed by atoms with Crippen molar-refractivity contribution in [3.63, 3.8) is 0 Å². The van der Waals surface area contributed by atoms with Gasteiger partial charge in [0, 0.05) is 31.1 Å². The molecule has 0 fully saturated rings. The Bertz CT molecular complexity index is 600. The van der Waals surface area contributed by atoms with Gasteiger partial charge in [0.25, 0.3) is 5.69 Å². The monoisotopic (exact) mass is 260 g/mol. The molecule has 1 aromatic heterocycles. The largest absolute Gasteiger partial charge is 0.360 e. The number of hydrogen-bond donors (Lipinski definition) is 1. The van der Waals surface area contributed by atoms with Crippen LogP contribution in [0, 0.1) is 10.1 Å². The minimum Gasteiger partial charge on any atom is -0.360 e. The van der Waals surface area contributed by atoms with Gasteiger partial charge in [0.05, 0.1) is 10.4 Å². The molecule has 6 heteroatoms.